The van der Waals surface area contributed by atoms with Gasteiger partial charge >= 0.3 is 0 Å². The summed E-state index contributed by atoms with van der Waals surface area (Å²) in [6.45, 7) is 3.97. The first-order valence-electron chi connectivity index (χ1n) is 8.03. The fraction of sp³-hybridized carbons (Fsp3) is 0.263. The minimum absolute atomic E-state index is 0. The monoisotopic (exact) mass is 396 g/mol. The zero-order valence-electron chi connectivity index (χ0n) is 13.7. The zero-order chi connectivity index (χ0) is 15.6. The smallest absolute Gasteiger partial charge is 0.121 e. The molecule has 3 aromatic rings. The molecule has 1 atom stereocenters. The molecule has 2 heterocycles. The number of benzene rings is 2. The lowest BCUT2D eigenvalue weighted by Crippen LogP contribution is -2.45. The van der Waals surface area contributed by atoms with Gasteiger partial charge in [0, 0.05) is 36.6 Å². The third-order valence-corrected chi connectivity index (χ3v) is 5.48. The second kappa shape index (κ2) is 8.88. The fourth-order valence-corrected chi connectivity index (χ4v) is 4.33. The van der Waals surface area contributed by atoms with Gasteiger partial charge in [-0.1, -0.05) is 36.4 Å². The fourth-order valence-electron chi connectivity index (χ4n) is 3.46. The summed E-state index contributed by atoms with van der Waals surface area (Å²) in [6.07, 6.45) is 0. The largest absolute Gasteiger partial charge is 0.508 e. The molecule has 2 N–H and O–H groups in total. The number of hydrogen-bond acceptors (Lipinski definition) is 4. The number of thiophene rings is 1. The number of nitrogens with zero attached hydrogens (tertiary/aromatic N) is 1. The van der Waals surface area contributed by atoms with Crippen LogP contribution in [-0.4, -0.2) is 36.2 Å². The van der Waals surface area contributed by atoms with Gasteiger partial charge in [-0.05, 0) is 28.3 Å². The SMILES string of the molecule is Cl.Cl.Oc1ccc2ccccc2c1[C@@H](c1cccs1)N1CCNCC1. The maximum absolute atomic E-state index is 10.7. The molecule has 25 heavy (non-hydrogen) atoms. The van der Waals surface area contributed by atoms with Crippen molar-refractivity contribution in [3.8, 4) is 5.75 Å². The molecule has 1 aliphatic heterocycles. The molecule has 0 aliphatic carbocycles. The third-order valence-electron chi connectivity index (χ3n) is 4.55. The van der Waals surface area contributed by atoms with Crippen LogP contribution in [0.5, 0.6) is 5.75 Å². The van der Waals surface area contributed by atoms with Crippen molar-refractivity contribution in [3.63, 3.8) is 0 Å². The van der Waals surface area contributed by atoms with Crippen molar-refractivity contribution in [2.45, 2.75) is 6.04 Å². The van der Waals surface area contributed by atoms with Gasteiger partial charge in [-0.2, -0.15) is 0 Å². The minimum atomic E-state index is 0. The van der Waals surface area contributed by atoms with Crippen LogP contribution in [0.3, 0.4) is 0 Å². The van der Waals surface area contributed by atoms with Crippen LogP contribution in [0.1, 0.15) is 16.5 Å². The molecule has 0 radical (unpaired) electrons. The van der Waals surface area contributed by atoms with Gasteiger partial charge in [-0.25, -0.2) is 0 Å². The summed E-state index contributed by atoms with van der Waals surface area (Å²) < 4.78 is 0. The molecule has 0 spiro atoms. The van der Waals surface area contributed by atoms with E-state index in [0.717, 1.165) is 37.1 Å². The van der Waals surface area contributed by atoms with Crippen LogP contribution in [0.2, 0.25) is 0 Å². The van der Waals surface area contributed by atoms with Crippen LogP contribution in [0.4, 0.5) is 0 Å². The molecule has 1 saturated heterocycles. The maximum Gasteiger partial charge on any atom is 0.121 e. The van der Waals surface area contributed by atoms with Gasteiger partial charge in [0.1, 0.15) is 5.75 Å². The van der Waals surface area contributed by atoms with E-state index >= 15 is 0 Å². The Bertz CT molecular complexity index is 804. The first kappa shape index (κ1) is 20.0. The molecule has 0 bridgehead atoms. The lowest BCUT2D eigenvalue weighted by atomic mass is 9.95. The van der Waals surface area contributed by atoms with Crippen LogP contribution < -0.4 is 5.32 Å². The Labute approximate surface area is 164 Å². The molecule has 0 unspecified atom stereocenters. The highest BCUT2D eigenvalue weighted by Crippen LogP contribution is 2.40. The lowest BCUT2D eigenvalue weighted by Gasteiger charge is -2.35. The second-order valence-electron chi connectivity index (χ2n) is 5.92. The van der Waals surface area contributed by atoms with Gasteiger partial charge in [-0.15, -0.1) is 36.2 Å². The molecule has 1 fully saturated rings. The van der Waals surface area contributed by atoms with Crippen LogP contribution >= 0.6 is 36.2 Å². The molecule has 3 nitrogen and oxygen atoms in total. The Morgan fingerprint density at radius 3 is 2.44 bits per heavy atom. The number of hydrogen-bond donors (Lipinski definition) is 2. The van der Waals surface area contributed by atoms with Gasteiger partial charge in [-0.3, -0.25) is 4.90 Å². The summed E-state index contributed by atoms with van der Waals surface area (Å²) >= 11 is 1.76. The topological polar surface area (TPSA) is 35.5 Å². The summed E-state index contributed by atoms with van der Waals surface area (Å²) in [5.74, 6) is 0.389. The Morgan fingerprint density at radius 2 is 1.72 bits per heavy atom. The lowest BCUT2D eigenvalue weighted by molar-refractivity contribution is 0.199. The van der Waals surface area contributed by atoms with Crippen molar-refractivity contribution in [1.29, 1.82) is 0 Å². The third kappa shape index (κ3) is 3.94. The highest BCUT2D eigenvalue weighted by atomic mass is 35.5. The van der Waals surface area contributed by atoms with Gasteiger partial charge in [0.05, 0.1) is 6.04 Å². The van der Waals surface area contributed by atoms with Crippen molar-refractivity contribution in [3.05, 3.63) is 64.4 Å². The summed E-state index contributed by atoms with van der Waals surface area (Å²) in [5, 5.41) is 18.5. The van der Waals surface area contributed by atoms with Crippen LogP contribution in [-0.2, 0) is 0 Å². The van der Waals surface area contributed by atoms with Crippen molar-refractivity contribution in [2.75, 3.05) is 26.2 Å². The van der Waals surface area contributed by atoms with Crippen LogP contribution in [0.25, 0.3) is 10.8 Å². The average molecular weight is 397 g/mol. The van der Waals surface area contributed by atoms with E-state index in [9.17, 15) is 5.11 Å². The van der Waals surface area contributed by atoms with E-state index in [0.29, 0.717) is 5.75 Å². The van der Waals surface area contributed by atoms with E-state index in [1.807, 2.05) is 18.2 Å². The van der Waals surface area contributed by atoms with Crippen molar-refractivity contribution in [2.24, 2.45) is 0 Å². The van der Waals surface area contributed by atoms with Gasteiger partial charge in [0.15, 0.2) is 0 Å². The highest BCUT2D eigenvalue weighted by Gasteiger charge is 2.28. The van der Waals surface area contributed by atoms with E-state index in [1.165, 1.54) is 10.3 Å². The quantitative estimate of drug-likeness (QED) is 0.686. The molecule has 1 aliphatic rings. The Kier molecular flexibility index (Phi) is 7.11. The summed E-state index contributed by atoms with van der Waals surface area (Å²) in [5.41, 5.74) is 1.03. The first-order chi connectivity index (χ1) is 11.3. The minimum Gasteiger partial charge on any atom is -0.508 e. The van der Waals surface area contributed by atoms with Gasteiger partial charge in [0.2, 0.25) is 0 Å². The molecule has 134 valence electrons. The average Bonchev–Trinajstić information content (AvgIpc) is 3.12. The molecule has 1 aromatic heterocycles. The van der Waals surface area contributed by atoms with E-state index in [-0.39, 0.29) is 30.9 Å². The zero-order valence-corrected chi connectivity index (χ0v) is 16.2. The van der Waals surface area contributed by atoms with Crippen LogP contribution in [0.15, 0.2) is 53.9 Å². The van der Waals surface area contributed by atoms with E-state index in [2.05, 4.69) is 45.9 Å². The van der Waals surface area contributed by atoms with Crippen molar-refractivity contribution in [1.82, 2.24) is 10.2 Å². The molecule has 6 heteroatoms. The summed E-state index contributed by atoms with van der Waals surface area (Å²) in [4.78, 5) is 3.77. The number of phenols is 1. The first-order valence-corrected chi connectivity index (χ1v) is 8.91. The van der Waals surface area contributed by atoms with E-state index < -0.39 is 0 Å². The normalized spacial score (nSPS) is 16.0. The predicted octanol–water partition coefficient (Wildman–Crippen LogP) is 4.45. The summed E-state index contributed by atoms with van der Waals surface area (Å²) in [7, 11) is 0. The molecular weight excluding hydrogens is 375 g/mol. The molecule has 0 saturated carbocycles. The highest BCUT2D eigenvalue weighted by molar-refractivity contribution is 7.10. The van der Waals surface area contributed by atoms with Crippen LogP contribution in [0, 0.1) is 0 Å². The van der Waals surface area contributed by atoms with Gasteiger partial charge < -0.3 is 10.4 Å². The molecular formula is C19H22Cl2N2OS. The molecule has 4 rings (SSSR count). The summed E-state index contributed by atoms with van der Waals surface area (Å²) in [6, 6.07) is 16.5. The second-order valence-corrected chi connectivity index (χ2v) is 6.90. The maximum atomic E-state index is 10.7. The van der Waals surface area contributed by atoms with Crippen molar-refractivity contribution >= 4 is 46.9 Å². The Hall–Kier alpha value is -1.30. The Balaban J connectivity index is 0.00000113. The number of nitrogens with one attached hydrogen (secondary N) is 1. The number of phenolic OH excluding ortho intramolecular Hbond substituents is 1. The number of halogens is 2. The standard InChI is InChI=1S/C19H20N2OS.2ClH/c22-16-8-7-14-4-1-2-5-15(14)18(16)19(17-6-3-13-23-17)21-11-9-20-10-12-21;;/h1-8,13,19-20,22H,9-12H2;2*1H/t19-;;/m1../s1. The number of piperazine rings is 1. The van der Waals surface area contributed by atoms with Gasteiger partial charge in [0.25, 0.3) is 0 Å². The van der Waals surface area contributed by atoms with E-state index in [1.54, 1.807) is 11.3 Å². The number of fused-ring (bicyclic) bond motifs is 1. The number of rotatable bonds is 3. The number of aromatic hydroxyl groups is 1. The molecule has 0 amide bonds. The van der Waals surface area contributed by atoms with Crippen molar-refractivity contribution < 1.29 is 5.11 Å². The predicted molar refractivity (Wildman–Crippen MR) is 111 cm³/mol. The molecule has 2 aromatic carbocycles. The van der Waals surface area contributed by atoms with E-state index in [4.69, 9.17) is 0 Å². The Morgan fingerprint density at radius 1 is 0.960 bits per heavy atom.